The van der Waals surface area contributed by atoms with Crippen molar-refractivity contribution in [2.75, 3.05) is 31.9 Å². The van der Waals surface area contributed by atoms with Gasteiger partial charge in [0.25, 0.3) is 0 Å². The van der Waals surface area contributed by atoms with Gasteiger partial charge >= 0.3 is 0 Å². The molecule has 0 radical (unpaired) electrons. The fraction of sp³-hybridized carbons (Fsp3) is 0.765. The Labute approximate surface area is 149 Å². The van der Waals surface area contributed by atoms with E-state index in [0.717, 1.165) is 45.0 Å². The maximum Gasteiger partial charge on any atom is 0.193 e. The number of rotatable bonds is 6. The summed E-state index contributed by atoms with van der Waals surface area (Å²) in [5.74, 6) is 2.98. The first-order valence-electron chi connectivity index (χ1n) is 8.72. The SMILES string of the molecule is CCNC(=NCCc1ncc(CC)s1)N1CCSC(C(C)C)C1. The number of guanidine groups is 1. The number of aromatic nitrogens is 1. The van der Waals surface area contributed by atoms with Gasteiger partial charge in [-0.2, -0.15) is 11.8 Å². The molecule has 0 aliphatic carbocycles. The van der Waals surface area contributed by atoms with E-state index in [1.54, 1.807) is 0 Å². The third-order valence-corrected chi connectivity index (χ3v) is 6.75. The molecule has 23 heavy (non-hydrogen) atoms. The second-order valence-corrected chi connectivity index (χ2v) is 8.71. The molecule has 2 heterocycles. The lowest BCUT2D eigenvalue weighted by Gasteiger charge is -2.36. The summed E-state index contributed by atoms with van der Waals surface area (Å²) in [5.41, 5.74) is 0. The molecule has 0 amide bonds. The van der Waals surface area contributed by atoms with Crippen LogP contribution < -0.4 is 5.32 Å². The minimum absolute atomic E-state index is 0.707. The predicted octanol–water partition coefficient (Wildman–Crippen LogP) is 3.29. The summed E-state index contributed by atoms with van der Waals surface area (Å²) in [6, 6.07) is 0. The maximum atomic E-state index is 4.85. The quantitative estimate of drug-likeness (QED) is 0.629. The van der Waals surface area contributed by atoms with E-state index in [1.807, 2.05) is 17.5 Å². The first kappa shape index (κ1) is 18.6. The Morgan fingerprint density at radius 3 is 2.96 bits per heavy atom. The zero-order valence-corrected chi connectivity index (χ0v) is 16.5. The molecule has 6 heteroatoms. The molecular weight excluding hydrogens is 324 g/mol. The average Bonchev–Trinajstić information content (AvgIpc) is 3.02. The predicted molar refractivity (Wildman–Crippen MR) is 104 cm³/mol. The summed E-state index contributed by atoms with van der Waals surface area (Å²) >= 11 is 3.92. The summed E-state index contributed by atoms with van der Waals surface area (Å²) < 4.78 is 0. The van der Waals surface area contributed by atoms with Crippen molar-refractivity contribution in [3.63, 3.8) is 0 Å². The molecule has 1 aromatic heterocycles. The van der Waals surface area contributed by atoms with Crippen LogP contribution in [-0.2, 0) is 12.8 Å². The van der Waals surface area contributed by atoms with E-state index in [-0.39, 0.29) is 0 Å². The van der Waals surface area contributed by atoms with Gasteiger partial charge in [0.2, 0.25) is 0 Å². The van der Waals surface area contributed by atoms with Crippen LogP contribution in [0.3, 0.4) is 0 Å². The molecule has 0 spiro atoms. The molecule has 0 aromatic carbocycles. The van der Waals surface area contributed by atoms with Crippen LogP contribution in [0, 0.1) is 5.92 Å². The molecule has 1 fully saturated rings. The molecular formula is C17H30N4S2. The molecule has 1 aromatic rings. The topological polar surface area (TPSA) is 40.5 Å². The smallest absolute Gasteiger partial charge is 0.193 e. The molecule has 4 nitrogen and oxygen atoms in total. The van der Waals surface area contributed by atoms with Crippen LogP contribution in [0.2, 0.25) is 0 Å². The first-order chi connectivity index (χ1) is 11.1. The number of hydrogen-bond acceptors (Lipinski definition) is 4. The van der Waals surface area contributed by atoms with Crippen molar-refractivity contribution >= 4 is 29.1 Å². The lowest BCUT2D eigenvalue weighted by molar-refractivity contribution is 0.381. The van der Waals surface area contributed by atoms with E-state index >= 15 is 0 Å². The molecule has 1 unspecified atom stereocenters. The van der Waals surface area contributed by atoms with Crippen LogP contribution in [0.15, 0.2) is 11.2 Å². The normalized spacial score (nSPS) is 19.4. The minimum Gasteiger partial charge on any atom is -0.357 e. The van der Waals surface area contributed by atoms with Gasteiger partial charge in [-0.3, -0.25) is 4.99 Å². The van der Waals surface area contributed by atoms with E-state index in [2.05, 4.69) is 54.7 Å². The second kappa shape index (κ2) is 9.52. The molecule has 1 saturated heterocycles. The summed E-state index contributed by atoms with van der Waals surface area (Å²) in [6.07, 6.45) is 4.02. The number of thioether (sulfide) groups is 1. The van der Waals surface area contributed by atoms with Crippen molar-refractivity contribution in [1.29, 1.82) is 0 Å². The van der Waals surface area contributed by atoms with E-state index in [0.29, 0.717) is 11.2 Å². The molecule has 2 rings (SSSR count). The Morgan fingerprint density at radius 1 is 1.48 bits per heavy atom. The third kappa shape index (κ3) is 5.68. The highest BCUT2D eigenvalue weighted by Gasteiger charge is 2.24. The lowest BCUT2D eigenvalue weighted by atomic mass is 10.1. The highest BCUT2D eigenvalue weighted by molar-refractivity contribution is 8.00. The van der Waals surface area contributed by atoms with Crippen LogP contribution in [0.1, 0.15) is 37.6 Å². The number of aryl methyl sites for hydroxylation is 1. The first-order valence-corrected chi connectivity index (χ1v) is 10.6. The zero-order valence-electron chi connectivity index (χ0n) is 14.8. The number of aliphatic imine (C=N–C) groups is 1. The number of nitrogens with one attached hydrogen (secondary N) is 1. The fourth-order valence-electron chi connectivity index (χ4n) is 2.58. The van der Waals surface area contributed by atoms with Gasteiger partial charge in [-0.15, -0.1) is 11.3 Å². The van der Waals surface area contributed by atoms with Crippen molar-refractivity contribution in [3.8, 4) is 0 Å². The van der Waals surface area contributed by atoms with Gasteiger partial charge in [0.1, 0.15) is 0 Å². The molecule has 1 aliphatic rings. The largest absolute Gasteiger partial charge is 0.357 e. The van der Waals surface area contributed by atoms with Crippen molar-refractivity contribution < 1.29 is 0 Å². The van der Waals surface area contributed by atoms with Crippen molar-refractivity contribution in [3.05, 3.63) is 16.1 Å². The Kier molecular flexibility index (Phi) is 7.70. The van der Waals surface area contributed by atoms with E-state index < -0.39 is 0 Å². The molecule has 0 bridgehead atoms. The van der Waals surface area contributed by atoms with Crippen LogP contribution in [0.25, 0.3) is 0 Å². The summed E-state index contributed by atoms with van der Waals surface area (Å²) in [4.78, 5) is 13.1. The average molecular weight is 355 g/mol. The Balaban J connectivity index is 1.93. The van der Waals surface area contributed by atoms with Crippen molar-refractivity contribution in [2.24, 2.45) is 10.9 Å². The number of thiazole rings is 1. The van der Waals surface area contributed by atoms with Gasteiger partial charge in [-0.1, -0.05) is 20.8 Å². The van der Waals surface area contributed by atoms with Crippen LogP contribution in [0.4, 0.5) is 0 Å². The van der Waals surface area contributed by atoms with E-state index in [4.69, 9.17) is 4.99 Å². The number of hydrogen-bond donors (Lipinski definition) is 1. The molecule has 1 N–H and O–H groups in total. The Hall–Kier alpha value is -0.750. The fourth-order valence-corrected chi connectivity index (χ4v) is 4.73. The van der Waals surface area contributed by atoms with Gasteiger partial charge < -0.3 is 10.2 Å². The minimum atomic E-state index is 0.707. The summed E-state index contributed by atoms with van der Waals surface area (Å²) in [7, 11) is 0. The summed E-state index contributed by atoms with van der Waals surface area (Å²) in [5, 5.41) is 5.38. The van der Waals surface area contributed by atoms with Gasteiger partial charge in [-0.25, -0.2) is 4.98 Å². The lowest BCUT2D eigenvalue weighted by Crippen LogP contribution is -2.49. The van der Waals surface area contributed by atoms with Crippen molar-refractivity contribution in [1.82, 2.24) is 15.2 Å². The van der Waals surface area contributed by atoms with Gasteiger partial charge in [0, 0.05) is 54.7 Å². The maximum absolute atomic E-state index is 4.85. The Morgan fingerprint density at radius 2 is 2.30 bits per heavy atom. The molecule has 0 saturated carbocycles. The third-order valence-electron chi connectivity index (χ3n) is 4.01. The molecule has 130 valence electrons. The number of nitrogens with zero attached hydrogens (tertiary/aromatic N) is 3. The van der Waals surface area contributed by atoms with Gasteiger partial charge in [-0.05, 0) is 19.3 Å². The van der Waals surface area contributed by atoms with Crippen LogP contribution in [-0.4, -0.2) is 53.0 Å². The zero-order chi connectivity index (χ0) is 16.7. The highest BCUT2D eigenvalue weighted by atomic mass is 32.2. The summed E-state index contributed by atoms with van der Waals surface area (Å²) in [6.45, 7) is 12.9. The standard InChI is InChI=1S/C17H30N4S2/c1-5-14-11-20-16(23-14)7-8-19-17(18-6-2)21-9-10-22-15(12-21)13(3)4/h11,13,15H,5-10,12H2,1-4H3,(H,18,19). The van der Waals surface area contributed by atoms with E-state index in [9.17, 15) is 0 Å². The monoisotopic (exact) mass is 354 g/mol. The van der Waals surface area contributed by atoms with Crippen molar-refractivity contribution in [2.45, 2.75) is 45.8 Å². The van der Waals surface area contributed by atoms with Gasteiger partial charge in [0.15, 0.2) is 5.96 Å². The second-order valence-electron chi connectivity index (χ2n) is 6.16. The van der Waals surface area contributed by atoms with Crippen LogP contribution >= 0.6 is 23.1 Å². The molecule has 1 atom stereocenters. The highest BCUT2D eigenvalue weighted by Crippen LogP contribution is 2.24. The molecule has 1 aliphatic heterocycles. The Bertz CT molecular complexity index is 499. The van der Waals surface area contributed by atoms with Crippen LogP contribution in [0.5, 0.6) is 0 Å². The van der Waals surface area contributed by atoms with Gasteiger partial charge in [0.05, 0.1) is 5.01 Å². The van der Waals surface area contributed by atoms with E-state index in [1.165, 1.54) is 15.6 Å².